The molecule has 132 valence electrons. The third kappa shape index (κ3) is 4.35. The van der Waals surface area contributed by atoms with Crippen LogP contribution < -0.4 is 11.0 Å². The smallest absolute Gasteiger partial charge is 0.351 e. The molecule has 0 radical (unpaired) electrons. The molecule has 2 heterocycles. The van der Waals surface area contributed by atoms with Gasteiger partial charge in [-0.3, -0.25) is 14.2 Å². The zero-order valence-electron chi connectivity index (χ0n) is 12.4. The van der Waals surface area contributed by atoms with Crippen LogP contribution >= 0.6 is 0 Å². The molecule has 1 aliphatic rings. The minimum absolute atomic E-state index is 0.0419. The van der Waals surface area contributed by atoms with Crippen LogP contribution in [0, 0.1) is 0 Å². The molecule has 0 spiro atoms. The topological polar surface area (TPSA) is 175 Å². The number of hydrogen-bond acceptors (Lipinski definition) is 8. The quantitative estimate of drug-likeness (QED) is 0.324. The molecule has 5 N–H and O–H groups in total. The highest BCUT2D eigenvalue weighted by atomic mass is 16.6. The predicted octanol–water partition coefficient (Wildman–Crippen LogP) is -2.34. The number of carbonyl (C=O) groups excluding carboxylic acids is 1. The van der Waals surface area contributed by atoms with E-state index in [-0.39, 0.29) is 18.7 Å². The molecule has 11 heteroatoms. The average Bonchev–Trinajstić information content (AvgIpc) is 3.31. The zero-order chi connectivity index (χ0) is 17.9. The van der Waals surface area contributed by atoms with Gasteiger partial charge in [0.25, 0.3) is 0 Å². The number of carboxylic acid groups (broad SMARTS) is 1. The molecule has 2 rings (SSSR count). The van der Waals surface area contributed by atoms with E-state index >= 15 is 0 Å². The molecule has 1 aliphatic heterocycles. The number of carbonyl (C=O) groups is 2. The lowest BCUT2D eigenvalue weighted by Crippen LogP contribution is -2.35. The van der Waals surface area contributed by atoms with Gasteiger partial charge in [0.15, 0.2) is 6.23 Å². The van der Waals surface area contributed by atoms with Crippen molar-refractivity contribution in [1.82, 2.24) is 9.55 Å². The van der Waals surface area contributed by atoms with Crippen LogP contribution in [0.1, 0.15) is 19.1 Å². The lowest BCUT2D eigenvalue weighted by atomic mass is 10.1. The number of aromatic nitrogens is 2. The fraction of sp³-hybridized carbons (Fsp3) is 0.538. The Morgan fingerprint density at radius 2 is 2.08 bits per heavy atom. The lowest BCUT2D eigenvalue weighted by molar-refractivity contribution is -0.138. The Bertz CT molecular complexity index is 675. The minimum Gasteiger partial charge on any atom is -0.481 e. The molecule has 4 unspecified atom stereocenters. The van der Waals surface area contributed by atoms with Gasteiger partial charge in [-0.15, -0.1) is 0 Å². The standard InChI is InChI=1S/C13H17N3O8/c17-5-6(18)10(22)11-12(24-11)16-4-3-7(15-13(16)23)14-8(19)1-2-9(20)21/h3-4,6,10-12,17-18,22H,1-2,5H2,(H,20,21)(H,14,15,19,23). The van der Waals surface area contributed by atoms with Crippen molar-refractivity contribution in [3.05, 3.63) is 22.7 Å². The highest BCUT2D eigenvalue weighted by molar-refractivity contribution is 5.91. The van der Waals surface area contributed by atoms with E-state index in [0.717, 1.165) is 4.57 Å². The van der Waals surface area contributed by atoms with Crippen molar-refractivity contribution in [3.63, 3.8) is 0 Å². The first kappa shape index (κ1) is 18.0. The summed E-state index contributed by atoms with van der Waals surface area (Å²) in [6.45, 7) is -0.651. The summed E-state index contributed by atoms with van der Waals surface area (Å²) in [4.78, 5) is 37.4. The van der Waals surface area contributed by atoms with Crippen LogP contribution in [0.15, 0.2) is 17.1 Å². The van der Waals surface area contributed by atoms with E-state index < -0.39 is 48.7 Å². The molecule has 1 saturated heterocycles. The second-order valence-corrected chi connectivity index (χ2v) is 5.18. The van der Waals surface area contributed by atoms with Crippen molar-refractivity contribution < 1.29 is 34.8 Å². The van der Waals surface area contributed by atoms with Gasteiger partial charge in [-0.2, -0.15) is 4.98 Å². The Labute approximate surface area is 135 Å². The third-order valence-electron chi connectivity index (χ3n) is 3.36. The maximum atomic E-state index is 11.9. The van der Waals surface area contributed by atoms with Gasteiger partial charge in [-0.25, -0.2) is 4.79 Å². The SMILES string of the molecule is O=C(O)CCC(=O)Nc1ccn(C2OC2C(O)C(O)CO)c(=O)n1. The van der Waals surface area contributed by atoms with Crippen LogP contribution in [0.4, 0.5) is 5.82 Å². The second kappa shape index (κ2) is 7.49. The molecule has 24 heavy (non-hydrogen) atoms. The van der Waals surface area contributed by atoms with Crippen molar-refractivity contribution in [1.29, 1.82) is 0 Å². The minimum atomic E-state index is -1.39. The van der Waals surface area contributed by atoms with E-state index in [1.54, 1.807) is 0 Å². The van der Waals surface area contributed by atoms with Gasteiger partial charge < -0.3 is 30.5 Å². The molecule has 11 nitrogen and oxygen atoms in total. The molecule has 1 fully saturated rings. The maximum Gasteiger partial charge on any atom is 0.351 e. The first-order valence-corrected chi connectivity index (χ1v) is 7.06. The zero-order valence-corrected chi connectivity index (χ0v) is 12.4. The van der Waals surface area contributed by atoms with Crippen molar-refractivity contribution in [2.75, 3.05) is 11.9 Å². The van der Waals surface area contributed by atoms with Crippen LogP contribution in [0.25, 0.3) is 0 Å². The van der Waals surface area contributed by atoms with Gasteiger partial charge in [0.1, 0.15) is 24.1 Å². The maximum absolute atomic E-state index is 11.9. The predicted molar refractivity (Wildman–Crippen MR) is 77.0 cm³/mol. The van der Waals surface area contributed by atoms with Gasteiger partial charge in [0, 0.05) is 12.6 Å². The highest BCUT2D eigenvalue weighted by Crippen LogP contribution is 2.36. The monoisotopic (exact) mass is 343 g/mol. The van der Waals surface area contributed by atoms with Crippen molar-refractivity contribution >= 4 is 17.7 Å². The normalized spacial score (nSPS) is 21.8. The Hall–Kier alpha value is -2.34. The number of nitrogens with one attached hydrogen (secondary N) is 1. The summed E-state index contributed by atoms with van der Waals surface area (Å²) < 4.78 is 6.16. The number of epoxide rings is 1. The van der Waals surface area contributed by atoms with Gasteiger partial charge in [0.2, 0.25) is 5.91 Å². The molecule has 1 aromatic rings. The second-order valence-electron chi connectivity index (χ2n) is 5.18. The number of hydrogen-bond donors (Lipinski definition) is 5. The molecule has 1 aromatic heterocycles. The van der Waals surface area contributed by atoms with Gasteiger partial charge >= 0.3 is 11.7 Å². The third-order valence-corrected chi connectivity index (χ3v) is 3.36. The fourth-order valence-corrected chi connectivity index (χ4v) is 2.02. The molecule has 0 saturated carbocycles. The number of aliphatic hydroxyl groups is 3. The van der Waals surface area contributed by atoms with Gasteiger partial charge in [-0.05, 0) is 6.07 Å². The van der Waals surface area contributed by atoms with Crippen molar-refractivity contribution in [2.24, 2.45) is 0 Å². The van der Waals surface area contributed by atoms with E-state index in [1.165, 1.54) is 12.3 Å². The summed E-state index contributed by atoms with van der Waals surface area (Å²) >= 11 is 0. The fourth-order valence-electron chi connectivity index (χ4n) is 2.02. The Morgan fingerprint density at radius 3 is 2.67 bits per heavy atom. The van der Waals surface area contributed by atoms with Crippen LogP contribution in [0.3, 0.4) is 0 Å². The number of rotatable bonds is 8. The van der Waals surface area contributed by atoms with Crippen molar-refractivity contribution in [2.45, 2.75) is 37.4 Å². The van der Waals surface area contributed by atoms with Crippen LogP contribution in [0.2, 0.25) is 0 Å². The number of amides is 1. The summed E-state index contributed by atoms with van der Waals surface area (Å²) in [5.74, 6) is -1.75. The van der Waals surface area contributed by atoms with Crippen LogP contribution in [-0.2, 0) is 14.3 Å². The largest absolute Gasteiger partial charge is 0.481 e. The molecule has 0 aliphatic carbocycles. The summed E-state index contributed by atoms with van der Waals surface area (Å²) in [6, 6.07) is 1.31. The number of aliphatic hydroxyl groups excluding tert-OH is 3. The number of nitrogens with zero attached hydrogens (tertiary/aromatic N) is 2. The highest BCUT2D eigenvalue weighted by Gasteiger charge is 2.48. The number of carboxylic acids is 1. The summed E-state index contributed by atoms with van der Waals surface area (Å²) in [5, 5.41) is 38.6. The Kier molecular flexibility index (Phi) is 5.62. The van der Waals surface area contributed by atoms with E-state index in [9.17, 15) is 24.6 Å². The van der Waals surface area contributed by atoms with E-state index in [1.807, 2.05) is 0 Å². The summed E-state index contributed by atoms with van der Waals surface area (Å²) in [7, 11) is 0. The Morgan fingerprint density at radius 1 is 1.38 bits per heavy atom. The molecule has 0 bridgehead atoms. The molecule has 4 atom stereocenters. The van der Waals surface area contributed by atoms with Gasteiger partial charge in [-0.1, -0.05) is 0 Å². The van der Waals surface area contributed by atoms with Crippen molar-refractivity contribution in [3.8, 4) is 0 Å². The van der Waals surface area contributed by atoms with E-state index in [4.69, 9.17) is 14.9 Å². The lowest BCUT2D eigenvalue weighted by Gasteiger charge is -2.12. The van der Waals surface area contributed by atoms with Crippen LogP contribution in [-0.4, -0.2) is 66.8 Å². The average molecular weight is 343 g/mol. The molecule has 1 amide bonds. The first-order chi connectivity index (χ1) is 11.3. The Balaban J connectivity index is 1.97. The summed E-state index contributed by atoms with van der Waals surface area (Å²) in [6.07, 6.45) is -3.75. The molecular formula is C13H17N3O8. The number of aliphatic carboxylic acids is 1. The van der Waals surface area contributed by atoms with Crippen LogP contribution in [0.5, 0.6) is 0 Å². The number of anilines is 1. The van der Waals surface area contributed by atoms with E-state index in [2.05, 4.69) is 10.3 Å². The summed E-state index contributed by atoms with van der Waals surface area (Å²) in [5.41, 5.74) is -0.760. The van der Waals surface area contributed by atoms with E-state index in [0.29, 0.717) is 0 Å². The number of ether oxygens (including phenoxy) is 1. The first-order valence-electron chi connectivity index (χ1n) is 7.06. The molecule has 0 aromatic carbocycles. The molecular weight excluding hydrogens is 326 g/mol. The van der Waals surface area contributed by atoms with Gasteiger partial charge in [0.05, 0.1) is 13.0 Å².